The second-order valence-corrected chi connectivity index (χ2v) is 8.85. The lowest BCUT2D eigenvalue weighted by atomic mass is 10.2. The Morgan fingerprint density at radius 3 is 2.53 bits per heavy atom. The molecule has 1 aliphatic rings. The Balaban J connectivity index is 1.55. The molecule has 2 aromatic rings. The zero-order valence-electron chi connectivity index (χ0n) is 15.7. The van der Waals surface area contributed by atoms with E-state index in [4.69, 9.17) is 16.3 Å². The minimum Gasteiger partial charge on any atom is -0.484 e. The third-order valence-corrected chi connectivity index (χ3v) is 6.56. The lowest BCUT2D eigenvalue weighted by Crippen LogP contribution is -2.43. The highest BCUT2D eigenvalue weighted by Crippen LogP contribution is 2.22. The third kappa shape index (κ3) is 5.26. The number of hydrogen-bond donors (Lipinski definition) is 2. The molecular formula is C19H19ClFN3O5S. The predicted molar refractivity (Wildman–Crippen MR) is 107 cm³/mol. The topological polar surface area (TPSA) is 105 Å². The van der Waals surface area contributed by atoms with Crippen molar-refractivity contribution in [2.75, 3.05) is 19.7 Å². The molecule has 0 aromatic heterocycles. The SMILES string of the molecule is O=C(COc1ccc(F)c(Cl)c1)NNC(=O)c1cccc(S(=O)(=O)N2CCCC2)c1. The number of ether oxygens (including phenoxy) is 1. The standard InChI is InChI=1S/C19H19ClFN3O5S/c20-16-11-14(6-7-17(16)21)29-12-18(25)22-23-19(26)13-4-3-5-15(10-13)30(27,28)24-8-1-2-9-24/h3-7,10-11H,1-2,8-9,12H2,(H,22,25)(H,23,26). The molecule has 0 saturated carbocycles. The molecule has 1 saturated heterocycles. The van der Waals surface area contributed by atoms with Gasteiger partial charge in [-0.2, -0.15) is 4.31 Å². The number of nitrogens with one attached hydrogen (secondary N) is 2. The summed E-state index contributed by atoms with van der Waals surface area (Å²) in [7, 11) is -3.66. The normalized spacial score (nSPS) is 14.3. The van der Waals surface area contributed by atoms with Crippen LogP contribution in [0.3, 0.4) is 0 Å². The first-order valence-electron chi connectivity index (χ1n) is 9.04. The highest BCUT2D eigenvalue weighted by molar-refractivity contribution is 7.89. The minimum atomic E-state index is -3.66. The van der Waals surface area contributed by atoms with Gasteiger partial charge in [-0.1, -0.05) is 17.7 Å². The van der Waals surface area contributed by atoms with E-state index in [9.17, 15) is 22.4 Å². The van der Waals surface area contributed by atoms with Crippen LogP contribution in [0, 0.1) is 5.82 Å². The molecule has 0 aliphatic carbocycles. The molecule has 0 spiro atoms. The molecule has 2 N–H and O–H groups in total. The van der Waals surface area contributed by atoms with Crippen LogP contribution in [0.15, 0.2) is 47.4 Å². The van der Waals surface area contributed by atoms with Crippen molar-refractivity contribution in [2.45, 2.75) is 17.7 Å². The van der Waals surface area contributed by atoms with Gasteiger partial charge in [0, 0.05) is 24.7 Å². The fraction of sp³-hybridized carbons (Fsp3) is 0.263. The zero-order chi connectivity index (χ0) is 21.7. The molecular weight excluding hydrogens is 437 g/mol. The van der Waals surface area contributed by atoms with Crippen LogP contribution >= 0.6 is 11.6 Å². The Kier molecular flexibility index (Phi) is 6.91. The summed E-state index contributed by atoms with van der Waals surface area (Å²) in [6.07, 6.45) is 1.61. The maximum Gasteiger partial charge on any atom is 0.276 e. The largest absolute Gasteiger partial charge is 0.484 e. The van der Waals surface area contributed by atoms with Crippen molar-refractivity contribution in [1.82, 2.24) is 15.2 Å². The number of benzene rings is 2. The van der Waals surface area contributed by atoms with E-state index in [0.29, 0.717) is 13.1 Å². The Morgan fingerprint density at radius 2 is 1.83 bits per heavy atom. The van der Waals surface area contributed by atoms with Crippen molar-refractivity contribution in [3.8, 4) is 5.75 Å². The summed E-state index contributed by atoms with van der Waals surface area (Å²) in [5.41, 5.74) is 4.42. The van der Waals surface area contributed by atoms with Gasteiger partial charge in [0.25, 0.3) is 11.8 Å². The quantitative estimate of drug-likeness (QED) is 0.649. The molecule has 160 valence electrons. The Hall–Kier alpha value is -2.69. The first-order valence-corrected chi connectivity index (χ1v) is 10.9. The summed E-state index contributed by atoms with van der Waals surface area (Å²) in [6.45, 7) is 0.452. The second-order valence-electron chi connectivity index (χ2n) is 6.51. The minimum absolute atomic E-state index is 0.0138. The van der Waals surface area contributed by atoms with Crippen LogP contribution in [0.1, 0.15) is 23.2 Å². The summed E-state index contributed by atoms with van der Waals surface area (Å²) in [5.74, 6) is -1.80. The summed E-state index contributed by atoms with van der Waals surface area (Å²) in [5, 5.41) is -0.148. The first kappa shape index (κ1) is 22.0. The van der Waals surface area contributed by atoms with Crippen molar-refractivity contribution >= 4 is 33.4 Å². The first-order chi connectivity index (χ1) is 14.3. The molecule has 11 heteroatoms. The van der Waals surface area contributed by atoms with Gasteiger partial charge in [-0.15, -0.1) is 0 Å². The smallest absolute Gasteiger partial charge is 0.276 e. The molecule has 1 aliphatic heterocycles. The van der Waals surface area contributed by atoms with Gasteiger partial charge >= 0.3 is 0 Å². The van der Waals surface area contributed by atoms with Gasteiger partial charge in [-0.05, 0) is 43.2 Å². The van der Waals surface area contributed by atoms with Crippen LogP contribution in [0.4, 0.5) is 4.39 Å². The number of halogens is 2. The number of rotatable bonds is 6. The molecule has 30 heavy (non-hydrogen) atoms. The highest BCUT2D eigenvalue weighted by Gasteiger charge is 2.27. The molecule has 1 heterocycles. The number of nitrogens with zero attached hydrogens (tertiary/aromatic N) is 1. The number of carbonyl (C=O) groups is 2. The summed E-state index contributed by atoms with van der Waals surface area (Å²) in [6, 6.07) is 9.19. The van der Waals surface area contributed by atoms with Crippen molar-refractivity contribution < 1.29 is 27.1 Å². The van der Waals surface area contributed by atoms with Crippen molar-refractivity contribution in [3.05, 3.63) is 58.9 Å². The van der Waals surface area contributed by atoms with Gasteiger partial charge in [0.15, 0.2) is 6.61 Å². The van der Waals surface area contributed by atoms with Gasteiger partial charge in [-0.3, -0.25) is 20.4 Å². The summed E-state index contributed by atoms with van der Waals surface area (Å²) in [4.78, 5) is 24.1. The van der Waals surface area contributed by atoms with Crippen molar-refractivity contribution in [1.29, 1.82) is 0 Å². The van der Waals surface area contributed by atoms with Gasteiger partial charge in [0.1, 0.15) is 11.6 Å². The van der Waals surface area contributed by atoms with E-state index in [-0.39, 0.29) is 21.2 Å². The van der Waals surface area contributed by atoms with E-state index in [1.54, 1.807) is 0 Å². The van der Waals surface area contributed by atoms with E-state index in [1.165, 1.54) is 40.7 Å². The second kappa shape index (κ2) is 9.41. The molecule has 0 radical (unpaired) electrons. The molecule has 1 fully saturated rings. The monoisotopic (exact) mass is 455 g/mol. The van der Waals surface area contributed by atoms with Crippen LogP contribution in [0.25, 0.3) is 0 Å². The fourth-order valence-corrected chi connectivity index (χ4v) is 4.56. The molecule has 0 atom stereocenters. The Labute approximate surface area is 178 Å². The number of hydrogen-bond acceptors (Lipinski definition) is 5. The average Bonchev–Trinajstić information content (AvgIpc) is 3.29. The van der Waals surface area contributed by atoms with Crippen molar-refractivity contribution in [2.24, 2.45) is 0 Å². The molecule has 8 nitrogen and oxygen atoms in total. The van der Waals surface area contributed by atoms with E-state index >= 15 is 0 Å². The van der Waals surface area contributed by atoms with Gasteiger partial charge < -0.3 is 4.74 Å². The zero-order valence-corrected chi connectivity index (χ0v) is 17.3. The summed E-state index contributed by atoms with van der Waals surface area (Å²) < 4.78 is 44.9. The summed E-state index contributed by atoms with van der Waals surface area (Å²) >= 11 is 5.63. The van der Waals surface area contributed by atoms with Crippen LogP contribution in [-0.4, -0.2) is 44.2 Å². The van der Waals surface area contributed by atoms with Crippen LogP contribution in [0.2, 0.25) is 5.02 Å². The Bertz CT molecular complexity index is 1060. The maximum atomic E-state index is 13.1. The van der Waals surface area contributed by atoms with Gasteiger partial charge in [-0.25, -0.2) is 12.8 Å². The molecule has 0 unspecified atom stereocenters. The highest BCUT2D eigenvalue weighted by atomic mass is 35.5. The van der Waals surface area contributed by atoms with Crippen LogP contribution in [0.5, 0.6) is 5.75 Å². The molecule has 0 bridgehead atoms. The van der Waals surface area contributed by atoms with E-state index < -0.39 is 34.3 Å². The van der Waals surface area contributed by atoms with Gasteiger partial charge in [0.2, 0.25) is 10.0 Å². The average molecular weight is 456 g/mol. The number of sulfonamides is 1. The lowest BCUT2D eigenvalue weighted by Gasteiger charge is -2.16. The van der Waals surface area contributed by atoms with E-state index in [1.807, 2.05) is 0 Å². The number of hydrazine groups is 1. The van der Waals surface area contributed by atoms with Gasteiger partial charge in [0.05, 0.1) is 9.92 Å². The van der Waals surface area contributed by atoms with Crippen LogP contribution in [-0.2, 0) is 14.8 Å². The Morgan fingerprint density at radius 1 is 1.10 bits per heavy atom. The number of carbonyl (C=O) groups excluding carboxylic acids is 2. The molecule has 2 aromatic carbocycles. The lowest BCUT2D eigenvalue weighted by molar-refractivity contribution is -0.123. The third-order valence-electron chi connectivity index (χ3n) is 4.38. The molecule has 3 rings (SSSR count). The number of amides is 2. The predicted octanol–water partition coefficient (Wildman–Crippen LogP) is 2.10. The maximum absolute atomic E-state index is 13.1. The molecule has 2 amide bonds. The van der Waals surface area contributed by atoms with E-state index in [0.717, 1.165) is 18.9 Å². The fourth-order valence-electron chi connectivity index (χ4n) is 2.83. The van der Waals surface area contributed by atoms with Crippen molar-refractivity contribution in [3.63, 3.8) is 0 Å². The van der Waals surface area contributed by atoms with E-state index in [2.05, 4.69) is 10.9 Å². The van der Waals surface area contributed by atoms with Crippen LogP contribution < -0.4 is 15.6 Å².